The average molecular weight is 559 g/mol. The van der Waals surface area contributed by atoms with Crippen LogP contribution in [-0.2, 0) is 18.9 Å². The number of halogens is 2. The van der Waals surface area contributed by atoms with Gasteiger partial charge in [0.1, 0.15) is 0 Å². The van der Waals surface area contributed by atoms with Crippen molar-refractivity contribution in [3.05, 3.63) is 83.9 Å². The van der Waals surface area contributed by atoms with E-state index in [9.17, 15) is 0 Å². The van der Waals surface area contributed by atoms with Crippen molar-refractivity contribution >= 4 is 41.8 Å². The molecule has 0 aliphatic heterocycles. The Morgan fingerprint density at radius 1 is 0.667 bits per heavy atom. The molecule has 0 atom stereocenters. The molecule has 1 fully saturated rings. The molecule has 4 aromatic carbocycles. The predicted octanol–water partition coefficient (Wildman–Crippen LogP) is 10.4. The second kappa shape index (κ2) is 13.2. The van der Waals surface area contributed by atoms with Crippen LogP contribution in [0.25, 0.3) is 21.5 Å². The van der Waals surface area contributed by atoms with E-state index in [4.69, 9.17) is 17.0 Å². The molecular weight excluding hydrogens is 522 g/mol. The van der Waals surface area contributed by atoms with Gasteiger partial charge in [-0.05, 0) is 0 Å². The fourth-order valence-corrected chi connectivity index (χ4v) is 8.56. The van der Waals surface area contributed by atoms with E-state index in [1.165, 1.54) is 68.0 Å². The Kier molecular flexibility index (Phi) is 10.6. The molecule has 0 nitrogen and oxygen atoms in total. The Labute approximate surface area is 214 Å². The van der Waals surface area contributed by atoms with Gasteiger partial charge in [-0.25, -0.2) is 0 Å². The molecule has 1 aliphatic carbocycles. The van der Waals surface area contributed by atoms with Crippen molar-refractivity contribution in [2.24, 2.45) is 0 Å². The minimum atomic E-state index is -1.88. The molecule has 0 unspecified atom stereocenters. The first-order valence-corrected chi connectivity index (χ1v) is 19.8. The molecule has 1 aliphatic rings. The van der Waals surface area contributed by atoms with E-state index in [0.29, 0.717) is 11.8 Å². The summed E-state index contributed by atoms with van der Waals surface area (Å²) in [6.07, 6.45) is 6.52. The van der Waals surface area contributed by atoms with Gasteiger partial charge >= 0.3 is 71.2 Å². The third-order valence-electron chi connectivity index (χ3n) is 6.40. The van der Waals surface area contributed by atoms with Gasteiger partial charge in [-0.3, -0.25) is 0 Å². The van der Waals surface area contributed by atoms with E-state index in [1.807, 2.05) is 0 Å². The minimum absolute atomic E-state index is 0.630. The zero-order valence-electron chi connectivity index (χ0n) is 20.4. The molecule has 1 saturated carbocycles. The molecule has 0 amide bonds. The summed E-state index contributed by atoms with van der Waals surface area (Å²) in [5, 5.41) is 5.54. The van der Waals surface area contributed by atoms with E-state index < -0.39 is 18.9 Å². The van der Waals surface area contributed by atoms with Crippen LogP contribution in [0.5, 0.6) is 0 Å². The average Bonchev–Trinajstić information content (AvgIpc) is 3.45. The van der Waals surface area contributed by atoms with E-state index in [2.05, 4.69) is 100 Å². The summed E-state index contributed by atoms with van der Waals surface area (Å²) in [4.78, 5) is 0. The van der Waals surface area contributed by atoms with E-state index >= 15 is 0 Å². The molecule has 0 N–H and O–H groups in total. The Balaban J connectivity index is 0.000000141. The number of benzene rings is 2. The van der Waals surface area contributed by atoms with Gasteiger partial charge in [0.2, 0.25) is 0 Å². The van der Waals surface area contributed by atoms with Gasteiger partial charge in [0.05, 0.1) is 0 Å². The molecule has 0 radical (unpaired) electrons. The predicted molar refractivity (Wildman–Crippen MR) is 147 cm³/mol. The van der Waals surface area contributed by atoms with Crippen LogP contribution >= 0.6 is 17.0 Å². The van der Waals surface area contributed by atoms with Gasteiger partial charge in [-0.2, -0.15) is 11.1 Å². The molecule has 4 aromatic rings. The third-order valence-corrected chi connectivity index (χ3v) is 12.1. The summed E-state index contributed by atoms with van der Waals surface area (Å²) in [5.41, 5.74) is 2.93. The summed E-state index contributed by atoms with van der Waals surface area (Å²) in [5.74, 6) is 1.26. The van der Waals surface area contributed by atoms with Gasteiger partial charge < -0.3 is 0 Å². The second-order valence-corrected chi connectivity index (χ2v) is 18.1. The molecule has 3 heteroatoms. The molecule has 0 heterocycles. The van der Waals surface area contributed by atoms with Crippen molar-refractivity contribution in [2.45, 2.75) is 71.6 Å². The first-order chi connectivity index (χ1) is 15.9. The number of fused-ring (bicyclic) bond motifs is 2. The molecule has 33 heavy (non-hydrogen) atoms. The summed E-state index contributed by atoms with van der Waals surface area (Å²) < 4.78 is 1.53. The van der Waals surface area contributed by atoms with Crippen molar-refractivity contribution in [3.8, 4) is 0 Å². The first kappa shape index (κ1) is 26.6. The normalized spacial score (nSPS) is 13.6. The van der Waals surface area contributed by atoms with Gasteiger partial charge in [0.15, 0.2) is 0 Å². The van der Waals surface area contributed by atoms with Gasteiger partial charge in [-0.1, -0.05) is 51.7 Å². The summed E-state index contributed by atoms with van der Waals surface area (Å²) >= 11 is -1.88. The van der Waals surface area contributed by atoms with Crippen LogP contribution in [0.4, 0.5) is 0 Å². The van der Waals surface area contributed by atoms with Crippen molar-refractivity contribution in [3.63, 3.8) is 0 Å². The quantitative estimate of drug-likeness (QED) is 0.215. The van der Waals surface area contributed by atoms with Crippen molar-refractivity contribution < 1.29 is 18.9 Å². The van der Waals surface area contributed by atoms with Crippen LogP contribution < -0.4 is 0 Å². The van der Waals surface area contributed by atoms with E-state index in [1.54, 1.807) is 0 Å². The first-order valence-electron chi connectivity index (χ1n) is 12.2. The summed E-state index contributed by atoms with van der Waals surface area (Å²) in [7, 11) is 11.8. The van der Waals surface area contributed by atoms with Crippen LogP contribution in [0.1, 0.15) is 82.8 Å². The third kappa shape index (κ3) is 7.49. The van der Waals surface area contributed by atoms with Gasteiger partial charge in [-0.15, -0.1) is 82.2 Å². The van der Waals surface area contributed by atoms with Crippen LogP contribution in [0.2, 0.25) is 0 Å². The molecule has 5 rings (SSSR count). The molecular formula is C30H36Cl2Zr-2. The topological polar surface area (TPSA) is 0 Å². The van der Waals surface area contributed by atoms with Crippen molar-refractivity contribution in [1.82, 2.24) is 0 Å². The molecule has 0 spiro atoms. The molecule has 0 saturated heterocycles. The van der Waals surface area contributed by atoms with Crippen LogP contribution in [0.3, 0.4) is 0 Å². The summed E-state index contributed by atoms with van der Waals surface area (Å²) in [6, 6.07) is 26.0. The number of hydrogen-bond donors (Lipinski definition) is 0. The molecule has 176 valence electrons. The number of hydrogen-bond acceptors (Lipinski definition) is 0. The van der Waals surface area contributed by atoms with Crippen LogP contribution in [-0.4, -0.2) is 3.21 Å². The zero-order chi connectivity index (χ0) is 23.8. The Morgan fingerprint density at radius 2 is 1.09 bits per heavy atom. The maximum absolute atomic E-state index is 5.88. The molecule has 0 aromatic heterocycles. The number of rotatable bonds is 2. The van der Waals surface area contributed by atoms with Gasteiger partial charge in [0.25, 0.3) is 0 Å². The molecule has 0 bridgehead atoms. The van der Waals surface area contributed by atoms with Crippen LogP contribution in [0.15, 0.2) is 72.8 Å². The van der Waals surface area contributed by atoms with Crippen molar-refractivity contribution in [2.75, 3.05) is 0 Å². The Hall–Kier alpha value is -1.01. The van der Waals surface area contributed by atoms with E-state index in [-0.39, 0.29) is 0 Å². The second-order valence-electron chi connectivity index (χ2n) is 9.49. The Bertz CT molecular complexity index is 1090. The van der Waals surface area contributed by atoms with Crippen molar-refractivity contribution in [1.29, 1.82) is 0 Å². The van der Waals surface area contributed by atoms with Gasteiger partial charge in [0, 0.05) is 0 Å². The Morgan fingerprint density at radius 3 is 1.45 bits per heavy atom. The fraction of sp³-hybridized carbons (Fsp3) is 0.367. The zero-order valence-corrected chi connectivity index (χ0v) is 24.3. The van der Waals surface area contributed by atoms with Crippen LogP contribution in [0, 0.1) is 0 Å². The summed E-state index contributed by atoms with van der Waals surface area (Å²) in [6.45, 7) is 8.95. The fourth-order valence-electron chi connectivity index (χ4n) is 4.52. The monoisotopic (exact) mass is 556 g/mol. The SMILES string of the molecule is CC(C)c1c[cH-]c2ccccc12.CC(C)c1c[cH-]c2ccccc12.[Cl][Zr]([Cl])=[C]1CCCCC1. The standard InChI is InChI=1S/2C12H13.C6H10.2ClH.Zr/c2*1-9(2)11-8-7-10-5-3-4-6-12(10)11;1-2-4-6-5-3-1;;;/h2*3-9H,1-2H3;1-5H2;2*1H;/q2*-1;;;;+2/p-2. The van der Waals surface area contributed by atoms with E-state index in [0.717, 1.165) is 0 Å². The maximum atomic E-state index is 5.88.